The molecule has 1 N–H and O–H groups in total. The van der Waals surface area contributed by atoms with Crippen molar-refractivity contribution in [3.8, 4) is 5.75 Å². The van der Waals surface area contributed by atoms with Gasteiger partial charge in [-0.15, -0.1) is 0 Å². The second kappa shape index (κ2) is 12.3. The second-order valence-corrected chi connectivity index (χ2v) is 8.86. The van der Waals surface area contributed by atoms with E-state index in [1.165, 1.54) is 0 Å². The van der Waals surface area contributed by atoms with Crippen LogP contribution in [0.5, 0.6) is 5.75 Å². The molecule has 1 aliphatic rings. The first-order valence-corrected chi connectivity index (χ1v) is 12.6. The highest BCUT2D eigenvalue weighted by Crippen LogP contribution is 2.21. The van der Waals surface area contributed by atoms with Gasteiger partial charge in [0.1, 0.15) is 18.2 Å². The van der Waals surface area contributed by atoms with E-state index in [0.717, 1.165) is 79.4 Å². The van der Waals surface area contributed by atoms with E-state index in [9.17, 15) is 0 Å². The number of rotatable bonds is 10. The zero-order valence-electron chi connectivity index (χ0n) is 20.5. The van der Waals surface area contributed by atoms with Crippen molar-refractivity contribution in [2.45, 2.75) is 13.0 Å². The van der Waals surface area contributed by atoms with Gasteiger partial charge in [0.05, 0.1) is 18.7 Å². The van der Waals surface area contributed by atoms with Crippen LogP contribution in [0.25, 0.3) is 23.1 Å². The molecule has 4 aromatic rings. The summed E-state index contributed by atoms with van der Waals surface area (Å²) in [5, 5.41) is 4.58. The van der Waals surface area contributed by atoms with Gasteiger partial charge in [-0.25, -0.2) is 9.97 Å². The molecule has 1 saturated heterocycles. The van der Waals surface area contributed by atoms with Crippen LogP contribution < -0.4 is 10.1 Å². The average Bonchev–Trinajstić information content (AvgIpc) is 2.94. The summed E-state index contributed by atoms with van der Waals surface area (Å²) in [5.74, 6) is 2.42. The first-order valence-electron chi connectivity index (χ1n) is 12.6. The lowest BCUT2D eigenvalue weighted by molar-refractivity contribution is 0.0378. The Hall–Kier alpha value is -3.74. The molecule has 1 aromatic heterocycles. The Bertz CT molecular complexity index is 1270. The highest BCUT2D eigenvalue weighted by atomic mass is 16.5. The second-order valence-electron chi connectivity index (χ2n) is 8.86. The number of ether oxygens (including phenoxy) is 2. The fourth-order valence-corrected chi connectivity index (χ4v) is 4.22. The van der Waals surface area contributed by atoms with Crippen LogP contribution in [0.1, 0.15) is 23.4 Å². The highest BCUT2D eigenvalue weighted by molar-refractivity contribution is 5.90. The molecule has 2 heterocycles. The van der Waals surface area contributed by atoms with E-state index in [-0.39, 0.29) is 0 Å². The monoisotopic (exact) mass is 480 g/mol. The summed E-state index contributed by atoms with van der Waals surface area (Å²) >= 11 is 0. The minimum atomic E-state index is 0.559. The number of fused-ring (bicyclic) bond motifs is 1. The van der Waals surface area contributed by atoms with Crippen LogP contribution in [-0.4, -0.2) is 54.3 Å². The van der Waals surface area contributed by atoms with Gasteiger partial charge < -0.3 is 14.8 Å². The van der Waals surface area contributed by atoms with E-state index < -0.39 is 0 Å². The quantitative estimate of drug-likeness (QED) is 0.302. The van der Waals surface area contributed by atoms with Crippen molar-refractivity contribution < 1.29 is 9.47 Å². The molecule has 0 saturated carbocycles. The zero-order valence-corrected chi connectivity index (χ0v) is 20.5. The predicted octanol–water partition coefficient (Wildman–Crippen LogP) is 5.51. The van der Waals surface area contributed by atoms with Crippen molar-refractivity contribution in [2.75, 3.05) is 44.7 Å². The largest absolute Gasteiger partial charge is 0.489 e. The average molecular weight is 481 g/mol. The van der Waals surface area contributed by atoms with Crippen molar-refractivity contribution in [1.82, 2.24) is 14.9 Å². The standard InChI is InChI=1S/C30H32N4O2/c1-2-7-25(8-3-1)23-36-26-14-11-24(12-15-26)13-16-29-32-28-10-5-4-9-27(28)30(33-29)31-17-6-18-34-19-21-35-22-20-34/h1-5,7-16H,6,17-23H2,(H,31,32,33)/b16-13+. The van der Waals surface area contributed by atoms with E-state index in [1.807, 2.05) is 72.8 Å². The molecule has 0 radical (unpaired) electrons. The first kappa shape index (κ1) is 24.0. The number of anilines is 1. The third-order valence-corrected chi connectivity index (χ3v) is 6.22. The van der Waals surface area contributed by atoms with E-state index in [0.29, 0.717) is 12.4 Å². The maximum atomic E-state index is 5.89. The van der Waals surface area contributed by atoms with Crippen LogP contribution >= 0.6 is 0 Å². The molecule has 0 bridgehead atoms. The highest BCUT2D eigenvalue weighted by Gasteiger charge is 2.10. The predicted molar refractivity (Wildman–Crippen MR) is 146 cm³/mol. The van der Waals surface area contributed by atoms with Crippen molar-refractivity contribution in [3.05, 3.63) is 95.8 Å². The Labute approximate surface area is 212 Å². The van der Waals surface area contributed by atoms with E-state index in [1.54, 1.807) is 0 Å². The fourth-order valence-electron chi connectivity index (χ4n) is 4.22. The van der Waals surface area contributed by atoms with Gasteiger partial charge in [0, 0.05) is 25.0 Å². The number of nitrogens with zero attached hydrogens (tertiary/aromatic N) is 3. The van der Waals surface area contributed by atoms with Crippen molar-refractivity contribution in [3.63, 3.8) is 0 Å². The van der Waals surface area contributed by atoms with Gasteiger partial charge in [0.2, 0.25) is 0 Å². The topological polar surface area (TPSA) is 59.5 Å². The molecule has 0 unspecified atom stereocenters. The summed E-state index contributed by atoms with van der Waals surface area (Å²) < 4.78 is 11.3. The molecule has 0 spiro atoms. The van der Waals surface area contributed by atoms with Crippen LogP contribution in [0.4, 0.5) is 5.82 Å². The maximum Gasteiger partial charge on any atom is 0.154 e. The van der Waals surface area contributed by atoms with Gasteiger partial charge in [0.25, 0.3) is 0 Å². The summed E-state index contributed by atoms with van der Waals surface area (Å²) in [7, 11) is 0. The molecule has 36 heavy (non-hydrogen) atoms. The lowest BCUT2D eigenvalue weighted by Gasteiger charge is -2.26. The molecule has 1 fully saturated rings. The third-order valence-electron chi connectivity index (χ3n) is 6.22. The van der Waals surface area contributed by atoms with Gasteiger partial charge in [-0.1, -0.05) is 60.7 Å². The molecule has 6 nitrogen and oxygen atoms in total. The molecule has 184 valence electrons. The molecule has 0 atom stereocenters. The Morgan fingerprint density at radius 2 is 1.64 bits per heavy atom. The Kier molecular flexibility index (Phi) is 8.19. The molecule has 0 aliphatic carbocycles. The summed E-state index contributed by atoms with van der Waals surface area (Å²) in [4.78, 5) is 12.0. The van der Waals surface area contributed by atoms with E-state index in [4.69, 9.17) is 19.4 Å². The SMILES string of the molecule is C(=C\c1nc(NCCCN2CCOCC2)c2ccccc2n1)/c1ccc(OCc2ccccc2)cc1. The van der Waals surface area contributed by atoms with Crippen molar-refractivity contribution >= 4 is 28.9 Å². The summed E-state index contributed by atoms with van der Waals surface area (Å²) in [6.45, 7) is 6.20. The van der Waals surface area contributed by atoms with Crippen molar-refractivity contribution in [2.24, 2.45) is 0 Å². The molecule has 0 amide bonds. The van der Waals surface area contributed by atoms with Gasteiger partial charge in [-0.2, -0.15) is 0 Å². The molecule has 1 aliphatic heterocycles. The number of nitrogens with one attached hydrogen (secondary N) is 1. The number of hydrogen-bond donors (Lipinski definition) is 1. The number of para-hydroxylation sites is 1. The molecular weight excluding hydrogens is 448 g/mol. The normalized spacial score (nSPS) is 14.3. The van der Waals surface area contributed by atoms with Crippen molar-refractivity contribution in [1.29, 1.82) is 0 Å². The minimum absolute atomic E-state index is 0.559. The Morgan fingerprint density at radius 3 is 2.47 bits per heavy atom. The van der Waals surface area contributed by atoms with E-state index in [2.05, 4.69) is 28.4 Å². The number of aromatic nitrogens is 2. The number of benzene rings is 3. The number of hydrogen-bond acceptors (Lipinski definition) is 6. The molecule has 6 heteroatoms. The van der Waals surface area contributed by atoms with Crippen LogP contribution in [0.3, 0.4) is 0 Å². The third kappa shape index (κ3) is 6.68. The molecule has 5 rings (SSSR count). The summed E-state index contributed by atoms with van der Waals surface area (Å²) in [5.41, 5.74) is 3.16. The van der Waals surface area contributed by atoms with Gasteiger partial charge in [0.15, 0.2) is 5.82 Å². The summed E-state index contributed by atoms with van der Waals surface area (Å²) in [6, 6.07) is 26.4. The lowest BCUT2D eigenvalue weighted by atomic mass is 10.2. The smallest absolute Gasteiger partial charge is 0.154 e. The van der Waals surface area contributed by atoms with Crippen LogP contribution in [-0.2, 0) is 11.3 Å². The van der Waals surface area contributed by atoms with Gasteiger partial charge in [-0.05, 0) is 54.4 Å². The Morgan fingerprint density at radius 1 is 0.861 bits per heavy atom. The fraction of sp³-hybridized carbons (Fsp3) is 0.267. The lowest BCUT2D eigenvalue weighted by Crippen LogP contribution is -2.37. The molecule has 3 aromatic carbocycles. The van der Waals surface area contributed by atoms with Crippen LogP contribution in [0.2, 0.25) is 0 Å². The van der Waals surface area contributed by atoms with E-state index >= 15 is 0 Å². The summed E-state index contributed by atoms with van der Waals surface area (Å²) in [6.07, 6.45) is 5.06. The van der Waals surface area contributed by atoms with Gasteiger partial charge in [-0.3, -0.25) is 4.90 Å². The van der Waals surface area contributed by atoms with Gasteiger partial charge >= 0.3 is 0 Å². The first-order chi connectivity index (χ1) is 17.8. The van der Waals surface area contributed by atoms with Crippen LogP contribution in [0, 0.1) is 0 Å². The Balaban J connectivity index is 1.21. The van der Waals surface area contributed by atoms with Crippen LogP contribution in [0.15, 0.2) is 78.9 Å². The molecular formula is C30H32N4O2. The minimum Gasteiger partial charge on any atom is -0.489 e. The zero-order chi connectivity index (χ0) is 24.4. The maximum absolute atomic E-state index is 5.89. The number of morpholine rings is 1.